The first kappa shape index (κ1) is 27.2. The second-order valence-electron chi connectivity index (χ2n) is 7.84. The Balaban J connectivity index is 0.00000480. The number of nitrogens with zero attached hydrogens (tertiary/aromatic N) is 3. The number of carbonyl (C=O) groups is 2. The molecule has 174 valence electrons. The van der Waals surface area contributed by atoms with Gasteiger partial charge >= 0.3 is 0 Å². The monoisotopic (exact) mass is 544 g/mol. The topological polar surface area (TPSA) is 89.1 Å². The number of likely N-dealkylation sites (tertiary alicyclic amines) is 1. The third kappa shape index (κ3) is 10.8. The molecule has 1 aromatic carbocycles. The minimum Gasteiger partial charge on any atom is -0.355 e. The van der Waals surface area contributed by atoms with Gasteiger partial charge in [-0.1, -0.05) is 37.3 Å². The first-order valence-corrected chi connectivity index (χ1v) is 10.8. The fourth-order valence-corrected chi connectivity index (χ4v) is 3.18. The highest BCUT2D eigenvalue weighted by atomic mass is 127. The van der Waals surface area contributed by atoms with Crippen LogP contribution >= 0.6 is 24.0 Å². The molecule has 0 radical (unpaired) electrons. The van der Waals surface area contributed by atoms with Gasteiger partial charge in [-0.15, -0.1) is 24.0 Å². The van der Waals surface area contributed by atoms with Crippen molar-refractivity contribution in [2.45, 2.75) is 38.8 Å². The molecular formula is C22H37IN6O2. The molecule has 0 atom stereocenters. The van der Waals surface area contributed by atoms with E-state index in [2.05, 4.69) is 32.8 Å². The molecule has 1 heterocycles. The Bertz CT molecular complexity index is 691. The van der Waals surface area contributed by atoms with E-state index in [1.165, 1.54) is 0 Å². The van der Waals surface area contributed by atoms with Gasteiger partial charge in [0.05, 0.1) is 19.6 Å². The Hall–Kier alpha value is -1.88. The molecule has 2 amide bonds. The largest absolute Gasteiger partial charge is 0.355 e. The number of piperidine rings is 1. The van der Waals surface area contributed by atoms with E-state index in [0.29, 0.717) is 19.0 Å². The van der Waals surface area contributed by atoms with Crippen molar-refractivity contribution in [2.24, 2.45) is 4.99 Å². The molecule has 1 aliphatic rings. The Morgan fingerprint density at radius 2 is 1.81 bits per heavy atom. The lowest BCUT2D eigenvalue weighted by atomic mass is 10.1. The van der Waals surface area contributed by atoms with Crippen molar-refractivity contribution >= 4 is 41.8 Å². The molecule has 31 heavy (non-hydrogen) atoms. The molecule has 3 N–H and O–H groups in total. The molecule has 0 aromatic heterocycles. The van der Waals surface area contributed by atoms with E-state index in [1.807, 2.05) is 30.3 Å². The van der Waals surface area contributed by atoms with Crippen molar-refractivity contribution in [3.8, 4) is 0 Å². The summed E-state index contributed by atoms with van der Waals surface area (Å²) in [5, 5.41) is 9.56. The van der Waals surface area contributed by atoms with Crippen molar-refractivity contribution in [3.05, 3.63) is 35.9 Å². The van der Waals surface area contributed by atoms with E-state index in [9.17, 15) is 9.59 Å². The maximum absolute atomic E-state index is 12.0. The summed E-state index contributed by atoms with van der Waals surface area (Å²) in [6, 6.07) is 10.3. The van der Waals surface area contributed by atoms with Crippen molar-refractivity contribution in [3.63, 3.8) is 0 Å². The summed E-state index contributed by atoms with van der Waals surface area (Å²) in [7, 11) is 3.48. The number of carbonyl (C=O) groups excluding carboxylic acids is 2. The second-order valence-corrected chi connectivity index (χ2v) is 7.84. The zero-order chi connectivity index (χ0) is 21.8. The van der Waals surface area contributed by atoms with Gasteiger partial charge in [-0.25, -0.2) is 4.99 Å². The van der Waals surface area contributed by atoms with Gasteiger partial charge in [0.1, 0.15) is 0 Å². The smallest absolute Gasteiger partial charge is 0.241 e. The van der Waals surface area contributed by atoms with Crippen LogP contribution < -0.4 is 16.0 Å². The van der Waals surface area contributed by atoms with Crippen LogP contribution in [0, 0.1) is 0 Å². The SMILES string of the molecule is CCCNC(=O)CN1CCC(NC(=NCc2ccccc2)NCC(=O)N(C)C)CC1.I. The number of guanidine groups is 1. The molecule has 1 aliphatic heterocycles. The van der Waals surface area contributed by atoms with E-state index in [4.69, 9.17) is 0 Å². The lowest BCUT2D eigenvalue weighted by Crippen LogP contribution is -2.51. The van der Waals surface area contributed by atoms with Crippen molar-refractivity contribution in [1.29, 1.82) is 0 Å². The standard InChI is InChI=1S/C22H36N6O2.HI/c1-4-12-23-20(29)17-28-13-10-19(11-14-28)26-22(25-16-21(30)27(2)3)24-15-18-8-6-5-7-9-18;/h5-9,19H,4,10-17H2,1-3H3,(H,23,29)(H2,24,25,26);1H. The highest BCUT2D eigenvalue weighted by molar-refractivity contribution is 14.0. The average Bonchev–Trinajstić information content (AvgIpc) is 2.75. The zero-order valence-electron chi connectivity index (χ0n) is 18.9. The van der Waals surface area contributed by atoms with Gasteiger partial charge in [0.25, 0.3) is 0 Å². The molecule has 1 aromatic rings. The molecule has 0 aliphatic carbocycles. The van der Waals surface area contributed by atoms with Crippen LogP contribution in [-0.4, -0.2) is 80.4 Å². The van der Waals surface area contributed by atoms with E-state index < -0.39 is 0 Å². The van der Waals surface area contributed by atoms with Crippen LogP contribution in [0.4, 0.5) is 0 Å². The molecule has 0 unspecified atom stereocenters. The molecular weight excluding hydrogens is 507 g/mol. The first-order valence-electron chi connectivity index (χ1n) is 10.8. The average molecular weight is 544 g/mol. The highest BCUT2D eigenvalue weighted by Crippen LogP contribution is 2.10. The van der Waals surface area contributed by atoms with E-state index >= 15 is 0 Å². The lowest BCUT2D eigenvalue weighted by Gasteiger charge is -2.32. The molecule has 1 saturated heterocycles. The van der Waals surface area contributed by atoms with Gasteiger partial charge in [0.2, 0.25) is 11.8 Å². The van der Waals surface area contributed by atoms with Gasteiger partial charge in [0.15, 0.2) is 5.96 Å². The molecule has 0 bridgehead atoms. The third-order valence-corrected chi connectivity index (χ3v) is 5.04. The van der Waals surface area contributed by atoms with E-state index in [0.717, 1.165) is 44.5 Å². The lowest BCUT2D eigenvalue weighted by molar-refractivity contribution is -0.127. The van der Waals surface area contributed by atoms with Crippen molar-refractivity contribution in [1.82, 2.24) is 25.8 Å². The molecule has 1 fully saturated rings. The number of likely N-dealkylation sites (N-methyl/N-ethyl adjacent to an activating group) is 1. The van der Waals surface area contributed by atoms with Crippen LogP contribution in [-0.2, 0) is 16.1 Å². The number of benzene rings is 1. The molecule has 0 saturated carbocycles. The minimum absolute atomic E-state index is 0. The van der Waals surface area contributed by atoms with Gasteiger partial charge in [0, 0.05) is 39.8 Å². The first-order chi connectivity index (χ1) is 14.5. The van der Waals surface area contributed by atoms with Crippen LogP contribution in [0.15, 0.2) is 35.3 Å². The number of amides is 2. The number of nitrogens with one attached hydrogen (secondary N) is 3. The maximum Gasteiger partial charge on any atom is 0.241 e. The summed E-state index contributed by atoms with van der Waals surface area (Å²) in [5.41, 5.74) is 1.12. The summed E-state index contributed by atoms with van der Waals surface area (Å²) in [6.45, 7) is 5.70. The van der Waals surface area contributed by atoms with Crippen molar-refractivity contribution in [2.75, 3.05) is 46.8 Å². The number of rotatable bonds is 9. The second kappa shape index (κ2) is 15.0. The normalized spacial score (nSPS) is 15.0. The summed E-state index contributed by atoms with van der Waals surface area (Å²) < 4.78 is 0. The predicted molar refractivity (Wildman–Crippen MR) is 136 cm³/mol. The number of halogens is 1. The number of hydrogen-bond acceptors (Lipinski definition) is 4. The van der Waals surface area contributed by atoms with Gasteiger partial charge in [-0.2, -0.15) is 0 Å². The maximum atomic E-state index is 12.0. The molecule has 2 rings (SSSR count). The Labute approximate surface area is 203 Å². The summed E-state index contributed by atoms with van der Waals surface area (Å²) in [4.78, 5) is 32.3. The number of aliphatic imine (C=N–C) groups is 1. The van der Waals surface area contributed by atoms with Gasteiger partial charge < -0.3 is 20.9 Å². The summed E-state index contributed by atoms with van der Waals surface area (Å²) >= 11 is 0. The van der Waals surface area contributed by atoms with Gasteiger partial charge in [-0.05, 0) is 24.8 Å². The number of hydrogen-bond donors (Lipinski definition) is 3. The Kier molecular flexibility index (Phi) is 13.1. The molecule has 9 heteroatoms. The Morgan fingerprint density at radius 1 is 1.13 bits per heavy atom. The third-order valence-electron chi connectivity index (χ3n) is 5.04. The van der Waals surface area contributed by atoms with Crippen molar-refractivity contribution < 1.29 is 9.59 Å². The fourth-order valence-electron chi connectivity index (χ4n) is 3.18. The molecule has 8 nitrogen and oxygen atoms in total. The van der Waals surface area contributed by atoms with Crippen LogP contribution in [0.2, 0.25) is 0 Å². The molecule has 0 spiro atoms. The predicted octanol–water partition coefficient (Wildman–Crippen LogP) is 1.42. The summed E-state index contributed by atoms with van der Waals surface area (Å²) in [6.07, 6.45) is 2.80. The van der Waals surface area contributed by atoms with Gasteiger partial charge in [-0.3, -0.25) is 14.5 Å². The van der Waals surface area contributed by atoms with Crippen LogP contribution in [0.5, 0.6) is 0 Å². The summed E-state index contributed by atoms with van der Waals surface area (Å²) in [5.74, 6) is 0.738. The fraction of sp³-hybridized carbons (Fsp3) is 0.591. The van der Waals surface area contributed by atoms with Crippen LogP contribution in [0.25, 0.3) is 0 Å². The highest BCUT2D eigenvalue weighted by Gasteiger charge is 2.21. The van der Waals surface area contributed by atoms with Crippen LogP contribution in [0.1, 0.15) is 31.7 Å². The van der Waals surface area contributed by atoms with E-state index in [-0.39, 0.29) is 48.4 Å². The minimum atomic E-state index is -0.00266. The Morgan fingerprint density at radius 3 is 2.42 bits per heavy atom. The quantitative estimate of drug-likeness (QED) is 0.249. The van der Waals surface area contributed by atoms with E-state index in [1.54, 1.807) is 19.0 Å². The van der Waals surface area contributed by atoms with Crippen LogP contribution in [0.3, 0.4) is 0 Å². The zero-order valence-corrected chi connectivity index (χ0v) is 21.2.